The largest absolute Gasteiger partial charge is 0.462 e. The molecule has 0 saturated carbocycles. The molecule has 2 aromatic heterocycles. The van der Waals surface area contributed by atoms with Crippen molar-refractivity contribution in [3.8, 4) is 5.88 Å². The fourth-order valence-electron chi connectivity index (χ4n) is 3.32. The Bertz CT molecular complexity index is 1090. The molecule has 0 fully saturated rings. The molecular weight excluding hydrogens is 469 g/mol. The number of carbonyl (C=O) groups is 1. The Morgan fingerprint density at radius 3 is 2.38 bits per heavy atom. The summed E-state index contributed by atoms with van der Waals surface area (Å²) in [6.07, 6.45) is -1.70. The van der Waals surface area contributed by atoms with E-state index in [4.69, 9.17) is 16.3 Å². The quantitative estimate of drug-likeness (QED) is 0.466. The number of pyridine rings is 1. The first-order valence-electron chi connectivity index (χ1n) is 10.5. The first-order chi connectivity index (χ1) is 16.0. The predicted octanol–water partition coefficient (Wildman–Crippen LogP) is 5.23. The van der Waals surface area contributed by atoms with E-state index in [9.17, 15) is 18.0 Å². The van der Waals surface area contributed by atoms with Crippen LogP contribution in [0.5, 0.6) is 5.88 Å². The monoisotopic (exact) mass is 492 g/mol. The maximum absolute atomic E-state index is 13.0. The summed E-state index contributed by atoms with van der Waals surface area (Å²) >= 11 is 5.99. The van der Waals surface area contributed by atoms with Crippen LogP contribution in [0, 0.1) is 0 Å². The summed E-state index contributed by atoms with van der Waals surface area (Å²) in [5, 5.41) is 11.7. The second kappa shape index (κ2) is 10.4. The summed E-state index contributed by atoms with van der Waals surface area (Å²) in [5.41, 5.74) is -0.586. The summed E-state index contributed by atoms with van der Waals surface area (Å²) in [5.74, 6) is -0.752. The van der Waals surface area contributed by atoms with Gasteiger partial charge in [0.2, 0.25) is 5.88 Å². The van der Waals surface area contributed by atoms with Crippen molar-refractivity contribution >= 4 is 17.5 Å². The second-order valence-electron chi connectivity index (χ2n) is 8.34. The van der Waals surface area contributed by atoms with E-state index in [0.717, 1.165) is 17.7 Å². The standard InChI is InChI=1S/C24H24ClF3N4O2/c1-15(19(20-5-4-12-30-32-20)13-16-6-9-18(25)10-7-16)31-22(33)23(2,3)34-21-11-8-17(14-29-21)24(26,27)28/h4-12,14-15,19H,13H2,1-3H3,(H,31,33). The van der Waals surface area contributed by atoms with E-state index < -0.39 is 23.2 Å². The van der Waals surface area contributed by atoms with E-state index >= 15 is 0 Å². The first-order valence-corrected chi connectivity index (χ1v) is 10.9. The van der Waals surface area contributed by atoms with Gasteiger partial charge in [0.25, 0.3) is 5.91 Å². The number of rotatable bonds is 8. The highest BCUT2D eigenvalue weighted by Gasteiger charge is 2.35. The van der Waals surface area contributed by atoms with Gasteiger partial charge in [0.05, 0.1) is 11.3 Å². The van der Waals surface area contributed by atoms with Crippen LogP contribution in [0.25, 0.3) is 0 Å². The molecule has 1 N–H and O–H groups in total. The van der Waals surface area contributed by atoms with Gasteiger partial charge in [-0.15, -0.1) is 0 Å². The Morgan fingerprint density at radius 2 is 1.82 bits per heavy atom. The van der Waals surface area contributed by atoms with Crippen molar-refractivity contribution in [1.82, 2.24) is 20.5 Å². The molecule has 0 aliphatic rings. The van der Waals surface area contributed by atoms with E-state index in [0.29, 0.717) is 23.3 Å². The zero-order valence-electron chi connectivity index (χ0n) is 18.8. The highest BCUT2D eigenvalue weighted by atomic mass is 35.5. The SMILES string of the molecule is CC(NC(=O)C(C)(C)Oc1ccc(C(F)(F)F)cn1)C(Cc1ccc(Cl)cc1)c1cccnn1. The van der Waals surface area contributed by atoms with Crippen LogP contribution in [-0.4, -0.2) is 32.7 Å². The Balaban J connectivity index is 1.73. The van der Waals surface area contributed by atoms with E-state index in [1.165, 1.54) is 13.8 Å². The summed E-state index contributed by atoms with van der Waals surface area (Å²) in [7, 11) is 0. The van der Waals surface area contributed by atoms with Gasteiger partial charge in [-0.1, -0.05) is 23.7 Å². The van der Waals surface area contributed by atoms with Crippen molar-refractivity contribution in [3.63, 3.8) is 0 Å². The van der Waals surface area contributed by atoms with Gasteiger partial charge in [0.15, 0.2) is 5.60 Å². The number of nitrogens with zero attached hydrogens (tertiary/aromatic N) is 3. The molecule has 0 spiro atoms. The van der Waals surface area contributed by atoms with Crippen LogP contribution < -0.4 is 10.1 Å². The molecule has 6 nitrogen and oxygen atoms in total. The smallest absolute Gasteiger partial charge is 0.417 e. The zero-order chi connectivity index (χ0) is 24.9. The number of hydrogen-bond donors (Lipinski definition) is 1. The molecule has 1 aromatic carbocycles. The van der Waals surface area contributed by atoms with E-state index in [-0.39, 0.29) is 17.8 Å². The fourth-order valence-corrected chi connectivity index (χ4v) is 3.45. The number of halogens is 4. The molecule has 3 rings (SSSR count). The summed E-state index contributed by atoms with van der Waals surface area (Å²) in [4.78, 5) is 16.7. The lowest BCUT2D eigenvalue weighted by Gasteiger charge is -2.30. The minimum atomic E-state index is -4.51. The maximum atomic E-state index is 13.0. The molecule has 2 heterocycles. The molecule has 2 atom stereocenters. The highest BCUT2D eigenvalue weighted by molar-refractivity contribution is 6.30. The lowest BCUT2D eigenvalue weighted by atomic mass is 9.89. The lowest BCUT2D eigenvalue weighted by Crippen LogP contribution is -2.51. The molecule has 1 amide bonds. The molecule has 0 saturated heterocycles. The number of ether oxygens (including phenoxy) is 1. The molecule has 3 aromatic rings. The summed E-state index contributed by atoms with van der Waals surface area (Å²) in [6, 6.07) is 12.6. The van der Waals surface area contributed by atoms with Crippen molar-refractivity contribution in [2.45, 2.75) is 50.9 Å². The number of hydrogen-bond acceptors (Lipinski definition) is 5. The van der Waals surface area contributed by atoms with Crippen molar-refractivity contribution in [1.29, 1.82) is 0 Å². The van der Waals surface area contributed by atoms with Gasteiger partial charge in [-0.05, 0) is 63.1 Å². The number of alkyl halides is 3. The molecule has 10 heteroatoms. The van der Waals surface area contributed by atoms with Crippen LogP contribution in [-0.2, 0) is 17.4 Å². The predicted molar refractivity (Wildman–Crippen MR) is 121 cm³/mol. The average molecular weight is 493 g/mol. The number of carbonyl (C=O) groups excluding carboxylic acids is 1. The Labute approximate surface area is 200 Å². The minimum absolute atomic E-state index is 0.0903. The van der Waals surface area contributed by atoms with Crippen LogP contribution in [0.1, 0.15) is 43.5 Å². The van der Waals surface area contributed by atoms with Gasteiger partial charge >= 0.3 is 6.18 Å². The molecule has 0 aliphatic carbocycles. The molecule has 34 heavy (non-hydrogen) atoms. The maximum Gasteiger partial charge on any atom is 0.417 e. The van der Waals surface area contributed by atoms with Crippen molar-refractivity contribution < 1.29 is 22.7 Å². The van der Waals surface area contributed by atoms with Crippen LogP contribution in [0.2, 0.25) is 5.02 Å². The van der Waals surface area contributed by atoms with Crippen molar-refractivity contribution in [2.24, 2.45) is 0 Å². The third kappa shape index (κ3) is 6.66. The van der Waals surface area contributed by atoms with Crippen LogP contribution in [0.15, 0.2) is 60.9 Å². The fraction of sp³-hybridized carbons (Fsp3) is 0.333. The second-order valence-corrected chi connectivity index (χ2v) is 8.78. The van der Waals surface area contributed by atoms with Crippen molar-refractivity contribution in [2.75, 3.05) is 0 Å². The van der Waals surface area contributed by atoms with Gasteiger partial charge in [0.1, 0.15) is 0 Å². The Hall–Kier alpha value is -3.20. The van der Waals surface area contributed by atoms with Gasteiger partial charge < -0.3 is 10.1 Å². The molecule has 0 aliphatic heterocycles. The Kier molecular flexibility index (Phi) is 7.76. The molecule has 2 unspecified atom stereocenters. The van der Waals surface area contributed by atoms with E-state index in [1.807, 2.05) is 25.1 Å². The average Bonchev–Trinajstić information content (AvgIpc) is 2.78. The normalized spacial score (nSPS) is 13.7. The lowest BCUT2D eigenvalue weighted by molar-refractivity contribution is -0.138. The summed E-state index contributed by atoms with van der Waals surface area (Å²) in [6.45, 7) is 4.88. The Morgan fingerprint density at radius 1 is 1.12 bits per heavy atom. The van der Waals surface area contributed by atoms with Gasteiger partial charge in [-0.3, -0.25) is 4.79 Å². The van der Waals surface area contributed by atoms with E-state index in [2.05, 4.69) is 20.5 Å². The van der Waals surface area contributed by atoms with E-state index in [1.54, 1.807) is 24.4 Å². The molecule has 180 valence electrons. The summed E-state index contributed by atoms with van der Waals surface area (Å²) < 4.78 is 43.9. The highest BCUT2D eigenvalue weighted by Crippen LogP contribution is 2.30. The number of benzene rings is 1. The van der Waals surface area contributed by atoms with Gasteiger partial charge in [0, 0.05) is 35.4 Å². The van der Waals surface area contributed by atoms with Crippen LogP contribution >= 0.6 is 11.6 Å². The zero-order valence-corrected chi connectivity index (χ0v) is 19.6. The van der Waals surface area contributed by atoms with Crippen LogP contribution in [0.4, 0.5) is 13.2 Å². The topological polar surface area (TPSA) is 77.0 Å². The third-order valence-electron chi connectivity index (χ3n) is 5.27. The van der Waals surface area contributed by atoms with Crippen LogP contribution in [0.3, 0.4) is 0 Å². The number of aromatic nitrogens is 3. The van der Waals surface area contributed by atoms with Gasteiger partial charge in [-0.25, -0.2) is 4.98 Å². The minimum Gasteiger partial charge on any atom is -0.462 e. The molecule has 0 radical (unpaired) electrons. The van der Waals surface area contributed by atoms with Gasteiger partial charge in [-0.2, -0.15) is 23.4 Å². The first kappa shape index (κ1) is 25.4. The molecule has 0 bridgehead atoms. The van der Waals surface area contributed by atoms with Crippen molar-refractivity contribution in [3.05, 3.63) is 82.8 Å². The third-order valence-corrected chi connectivity index (χ3v) is 5.53. The number of amides is 1. The molecular formula is C24H24ClF3N4O2. The number of nitrogens with one attached hydrogen (secondary N) is 1.